The first-order valence-corrected chi connectivity index (χ1v) is 6.68. The molecule has 1 saturated carbocycles. The van der Waals surface area contributed by atoms with Crippen LogP contribution in [0.5, 0.6) is 0 Å². The summed E-state index contributed by atoms with van der Waals surface area (Å²) in [4.78, 5) is 12.1. The van der Waals surface area contributed by atoms with E-state index in [1.807, 2.05) is 0 Å². The molecule has 0 saturated heterocycles. The van der Waals surface area contributed by atoms with Crippen molar-refractivity contribution < 1.29 is 15.1 Å². The number of nitrogens with zero attached hydrogens (tertiary/aromatic N) is 1. The standard InChI is InChI=1S/C14H19N3O3/c15-13(17-20)9-5-7-10(8-6-9)14(19)16-11-3-1-2-4-12(11)18/h5-8,11-12,18,20H,1-4H2,(H2,15,17)(H,16,19). The number of nitrogens with one attached hydrogen (secondary N) is 1. The van der Waals surface area contributed by atoms with Crippen LogP contribution >= 0.6 is 0 Å². The smallest absolute Gasteiger partial charge is 0.251 e. The van der Waals surface area contributed by atoms with Gasteiger partial charge in [0.25, 0.3) is 5.91 Å². The molecule has 1 aromatic rings. The van der Waals surface area contributed by atoms with E-state index in [1.165, 1.54) is 0 Å². The first kappa shape index (κ1) is 14.3. The molecule has 6 heteroatoms. The summed E-state index contributed by atoms with van der Waals surface area (Å²) in [6.07, 6.45) is 3.08. The van der Waals surface area contributed by atoms with Crippen LogP contribution in [0.15, 0.2) is 29.4 Å². The third kappa shape index (κ3) is 3.27. The molecule has 0 bridgehead atoms. The molecule has 1 amide bonds. The van der Waals surface area contributed by atoms with E-state index in [4.69, 9.17) is 10.9 Å². The highest BCUT2D eigenvalue weighted by Gasteiger charge is 2.24. The Hall–Kier alpha value is -2.08. The number of nitrogens with two attached hydrogens (primary N) is 1. The topological polar surface area (TPSA) is 108 Å². The number of hydrogen-bond acceptors (Lipinski definition) is 4. The quantitative estimate of drug-likeness (QED) is 0.284. The highest BCUT2D eigenvalue weighted by molar-refractivity contribution is 5.99. The molecule has 1 fully saturated rings. The molecule has 2 atom stereocenters. The number of hydrogen-bond donors (Lipinski definition) is 4. The van der Waals surface area contributed by atoms with E-state index < -0.39 is 6.10 Å². The number of benzene rings is 1. The van der Waals surface area contributed by atoms with Gasteiger partial charge < -0.3 is 21.4 Å². The molecule has 0 aliphatic heterocycles. The predicted molar refractivity (Wildman–Crippen MR) is 74.7 cm³/mol. The predicted octanol–water partition coefficient (Wildman–Crippen LogP) is 0.814. The second-order valence-electron chi connectivity index (χ2n) is 4.99. The Morgan fingerprint density at radius 3 is 2.40 bits per heavy atom. The minimum absolute atomic E-state index is 0.000314. The molecule has 20 heavy (non-hydrogen) atoms. The van der Waals surface area contributed by atoms with Crippen molar-refractivity contribution in [3.63, 3.8) is 0 Å². The van der Waals surface area contributed by atoms with Crippen molar-refractivity contribution in [2.75, 3.05) is 0 Å². The van der Waals surface area contributed by atoms with Gasteiger partial charge in [-0.1, -0.05) is 30.1 Å². The normalized spacial score (nSPS) is 23.4. The number of aliphatic hydroxyl groups is 1. The Morgan fingerprint density at radius 1 is 1.20 bits per heavy atom. The lowest BCUT2D eigenvalue weighted by Gasteiger charge is -2.28. The number of rotatable bonds is 3. The van der Waals surface area contributed by atoms with E-state index in [9.17, 15) is 9.90 Å². The zero-order chi connectivity index (χ0) is 14.5. The Balaban J connectivity index is 2.02. The highest BCUT2D eigenvalue weighted by atomic mass is 16.4. The first-order chi connectivity index (χ1) is 9.61. The SMILES string of the molecule is NC(=NO)c1ccc(C(=O)NC2CCCCC2O)cc1. The van der Waals surface area contributed by atoms with Gasteiger partial charge in [-0.2, -0.15) is 0 Å². The van der Waals surface area contributed by atoms with E-state index in [-0.39, 0.29) is 17.8 Å². The van der Waals surface area contributed by atoms with Crippen molar-refractivity contribution in [2.45, 2.75) is 37.8 Å². The molecular formula is C14H19N3O3. The largest absolute Gasteiger partial charge is 0.409 e. The summed E-state index contributed by atoms with van der Waals surface area (Å²) < 4.78 is 0. The van der Waals surface area contributed by atoms with Gasteiger partial charge in [-0.15, -0.1) is 0 Å². The molecule has 2 rings (SSSR count). The summed E-state index contributed by atoms with van der Waals surface area (Å²) in [6.45, 7) is 0. The lowest BCUT2D eigenvalue weighted by Crippen LogP contribution is -2.45. The number of amides is 1. The number of amidine groups is 1. The Morgan fingerprint density at radius 2 is 1.80 bits per heavy atom. The zero-order valence-corrected chi connectivity index (χ0v) is 11.1. The molecule has 0 spiro atoms. The number of carbonyl (C=O) groups excluding carboxylic acids is 1. The van der Waals surface area contributed by atoms with Gasteiger partial charge in [0.05, 0.1) is 12.1 Å². The lowest BCUT2D eigenvalue weighted by molar-refractivity contribution is 0.0717. The monoisotopic (exact) mass is 277 g/mol. The van der Waals surface area contributed by atoms with Gasteiger partial charge in [0, 0.05) is 11.1 Å². The number of carbonyl (C=O) groups is 1. The van der Waals surface area contributed by atoms with Crippen LogP contribution in [0.3, 0.4) is 0 Å². The molecule has 1 aliphatic carbocycles. The average molecular weight is 277 g/mol. The Kier molecular flexibility index (Phi) is 4.57. The van der Waals surface area contributed by atoms with E-state index in [2.05, 4.69) is 10.5 Å². The molecule has 1 aromatic carbocycles. The van der Waals surface area contributed by atoms with E-state index in [1.54, 1.807) is 24.3 Å². The van der Waals surface area contributed by atoms with Crippen molar-refractivity contribution in [1.29, 1.82) is 0 Å². The molecule has 0 aromatic heterocycles. The second kappa shape index (κ2) is 6.38. The van der Waals surface area contributed by atoms with Crippen LogP contribution < -0.4 is 11.1 Å². The summed E-state index contributed by atoms with van der Waals surface area (Å²) in [7, 11) is 0. The number of aliphatic hydroxyl groups excluding tert-OH is 1. The summed E-state index contributed by atoms with van der Waals surface area (Å²) in [6, 6.07) is 6.26. The molecule has 0 radical (unpaired) electrons. The highest BCUT2D eigenvalue weighted by Crippen LogP contribution is 2.18. The van der Waals surface area contributed by atoms with Crippen molar-refractivity contribution >= 4 is 11.7 Å². The van der Waals surface area contributed by atoms with Crippen LogP contribution in [0.1, 0.15) is 41.6 Å². The van der Waals surface area contributed by atoms with Crippen molar-refractivity contribution in [3.05, 3.63) is 35.4 Å². The van der Waals surface area contributed by atoms with E-state index in [0.29, 0.717) is 11.1 Å². The van der Waals surface area contributed by atoms with Gasteiger partial charge in [-0.3, -0.25) is 4.79 Å². The van der Waals surface area contributed by atoms with Gasteiger partial charge in [-0.05, 0) is 25.0 Å². The molecule has 2 unspecified atom stereocenters. The summed E-state index contributed by atoms with van der Waals surface area (Å²) >= 11 is 0. The maximum Gasteiger partial charge on any atom is 0.251 e. The van der Waals surface area contributed by atoms with Crippen molar-refractivity contribution in [2.24, 2.45) is 10.9 Å². The van der Waals surface area contributed by atoms with Crippen LogP contribution in [0.2, 0.25) is 0 Å². The van der Waals surface area contributed by atoms with E-state index >= 15 is 0 Å². The summed E-state index contributed by atoms with van der Waals surface area (Å²) in [5.41, 5.74) is 6.48. The van der Waals surface area contributed by atoms with Crippen molar-refractivity contribution in [1.82, 2.24) is 5.32 Å². The minimum Gasteiger partial charge on any atom is -0.409 e. The average Bonchev–Trinajstić information content (AvgIpc) is 2.49. The van der Waals surface area contributed by atoms with Crippen LogP contribution in [0, 0.1) is 0 Å². The zero-order valence-electron chi connectivity index (χ0n) is 11.1. The van der Waals surface area contributed by atoms with Gasteiger partial charge in [0.15, 0.2) is 5.84 Å². The van der Waals surface area contributed by atoms with Gasteiger partial charge in [-0.25, -0.2) is 0 Å². The second-order valence-corrected chi connectivity index (χ2v) is 4.99. The fourth-order valence-electron chi connectivity index (χ4n) is 2.38. The van der Waals surface area contributed by atoms with Crippen molar-refractivity contribution in [3.8, 4) is 0 Å². The fourth-order valence-corrected chi connectivity index (χ4v) is 2.38. The van der Waals surface area contributed by atoms with Gasteiger partial charge in [0.2, 0.25) is 0 Å². The van der Waals surface area contributed by atoms with Crippen LogP contribution in [-0.4, -0.2) is 34.2 Å². The van der Waals surface area contributed by atoms with Gasteiger partial charge >= 0.3 is 0 Å². The van der Waals surface area contributed by atoms with Crippen LogP contribution in [0.25, 0.3) is 0 Å². The number of oxime groups is 1. The fraction of sp³-hybridized carbons (Fsp3) is 0.429. The molecule has 108 valence electrons. The molecule has 0 heterocycles. The van der Waals surface area contributed by atoms with E-state index in [0.717, 1.165) is 25.7 Å². The van der Waals surface area contributed by atoms with Gasteiger partial charge in [0.1, 0.15) is 0 Å². The summed E-state index contributed by atoms with van der Waals surface area (Å²) in [5, 5.41) is 24.2. The first-order valence-electron chi connectivity index (χ1n) is 6.68. The molecule has 1 aliphatic rings. The maximum absolute atomic E-state index is 12.1. The molecule has 6 nitrogen and oxygen atoms in total. The van der Waals surface area contributed by atoms with Crippen LogP contribution in [-0.2, 0) is 0 Å². The Bertz CT molecular complexity index is 499. The summed E-state index contributed by atoms with van der Waals surface area (Å²) in [5.74, 6) is -0.221. The third-order valence-electron chi connectivity index (χ3n) is 3.60. The minimum atomic E-state index is -0.468. The molecule has 5 N–H and O–H groups in total. The maximum atomic E-state index is 12.1. The molecular weight excluding hydrogens is 258 g/mol. The lowest BCUT2D eigenvalue weighted by atomic mass is 9.92. The van der Waals surface area contributed by atoms with Crippen LogP contribution in [0.4, 0.5) is 0 Å². The Labute approximate surface area is 117 Å². The third-order valence-corrected chi connectivity index (χ3v) is 3.60.